The molecule has 25 heavy (non-hydrogen) atoms. The number of nitrogens with zero attached hydrogens (tertiary/aromatic N) is 3. The highest BCUT2D eigenvalue weighted by Gasteiger charge is 2.05. The van der Waals surface area contributed by atoms with Crippen LogP contribution >= 0.6 is 11.3 Å². The van der Waals surface area contributed by atoms with E-state index in [4.69, 9.17) is 4.74 Å². The van der Waals surface area contributed by atoms with E-state index in [1.54, 1.807) is 23.7 Å². The molecular weight excluding hydrogens is 332 g/mol. The quantitative estimate of drug-likeness (QED) is 0.542. The van der Waals surface area contributed by atoms with Gasteiger partial charge < -0.3 is 10.1 Å². The van der Waals surface area contributed by atoms with E-state index in [1.807, 2.05) is 66.0 Å². The van der Waals surface area contributed by atoms with Gasteiger partial charge in [0.05, 0.1) is 0 Å². The summed E-state index contributed by atoms with van der Waals surface area (Å²) in [6.45, 7) is 0. The van der Waals surface area contributed by atoms with Gasteiger partial charge in [0.2, 0.25) is 5.95 Å². The van der Waals surface area contributed by atoms with Crippen molar-refractivity contribution in [2.75, 3.05) is 5.32 Å². The molecule has 1 N–H and O–H groups in total. The molecule has 0 aliphatic carbocycles. The third-order valence-electron chi connectivity index (χ3n) is 3.40. The van der Waals surface area contributed by atoms with Crippen LogP contribution in [0.5, 0.6) is 11.5 Å². The minimum Gasteiger partial charge on any atom is -0.457 e. The van der Waals surface area contributed by atoms with Gasteiger partial charge in [0, 0.05) is 23.5 Å². The van der Waals surface area contributed by atoms with Gasteiger partial charge in [-0.3, -0.25) is 0 Å². The Balaban J connectivity index is 1.47. The number of hydrogen-bond acceptors (Lipinski definition) is 6. The van der Waals surface area contributed by atoms with E-state index in [0.29, 0.717) is 5.95 Å². The lowest BCUT2D eigenvalue weighted by Crippen LogP contribution is -1.97. The van der Waals surface area contributed by atoms with Crippen molar-refractivity contribution in [2.24, 2.45) is 0 Å². The van der Waals surface area contributed by atoms with Crippen molar-refractivity contribution in [1.29, 1.82) is 0 Å². The monoisotopic (exact) mass is 346 g/mol. The van der Waals surface area contributed by atoms with Crippen molar-refractivity contribution < 1.29 is 4.74 Å². The number of para-hydroxylation sites is 1. The standard InChI is InChI=1S/C19H14N4OS/c1-2-4-15(5-3-1)24-16-8-6-14(7-9-16)22-19-21-11-10-17(23-19)18-20-12-13-25-18/h1-13H,(H,21,22,23). The molecule has 2 aromatic carbocycles. The smallest absolute Gasteiger partial charge is 0.227 e. The SMILES string of the molecule is c1ccc(Oc2ccc(Nc3nccc(-c4nccs4)n3)cc2)cc1. The van der Waals surface area contributed by atoms with Crippen molar-refractivity contribution in [1.82, 2.24) is 15.0 Å². The van der Waals surface area contributed by atoms with Crippen LogP contribution in [0.3, 0.4) is 0 Å². The van der Waals surface area contributed by atoms with Crippen LogP contribution < -0.4 is 10.1 Å². The van der Waals surface area contributed by atoms with Gasteiger partial charge in [0.15, 0.2) is 0 Å². The molecule has 0 spiro atoms. The highest BCUT2D eigenvalue weighted by Crippen LogP contribution is 2.24. The Morgan fingerprint density at radius 1 is 0.800 bits per heavy atom. The first-order valence-electron chi connectivity index (χ1n) is 7.70. The van der Waals surface area contributed by atoms with Crippen LogP contribution in [0.25, 0.3) is 10.7 Å². The van der Waals surface area contributed by atoms with Crippen molar-refractivity contribution in [3.05, 3.63) is 78.4 Å². The maximum absolute atomic E-state index is 5.79. The molecule has 0 aliphatic heterocycles. The number of anilines is 2. The predicted molar refractivity (Wildman–Crippen MR) is 99.4 cm³/mol. The Morgan fingerprint density at radius 3 is 2.36 bits per heavy atom. The van der Waals surface area contributed by atoms with Gasteiger partial charge in [-0.05, 0) is 42.5 Å². The van der Waals surface area contributed by atoms with Gasteiger partial charge in [-0.1, -0.05) is 18.2 Å². The Bertz CT molecular complexity index is 941. The van der Waals surface area contributed by atoms with Crippen molar-refractivity contribution in [3.8, 4) is 22.2 Å². The van der Waals surface area contributed by atoms with Gasteiger partial charge in [-0.15, -0.1) is 11.3 Å². The first-order valence-corrected chi connectivity index (χ1v) is 8.58. The summed E-state index contributed by atoms with van der Waals surface area (Å²) in [6.07, 6.45) is 3.49. The number of hydrogen-bond donors (Lipinski definition) is 1. The maximum Gasteiger partial charge on any atom is 0.227 e. The lowest BCUT2D eigenvalue weighted by molar-refractivity contribution is 0.483. The molecule has 4 aromatic rings. The average Bonchev–Trinajstić information content (AvgIpc) is 3.19. The van der Waals surface area contributed by atoms with Crippen LogP contribution in [0.2, 0.25) is 0 Å². The number of benzene rings is 2. The fourth-order valence-corrected chi connectivity index (χ4v) is 2.85. The molecule has 2 heterocycles. The minimum absolute atomic E-state index is 0.532. The first kappa shape index (κ1) is 15.3. The summed E-state index contributed by atoms with van der Waals surface area (Å²) in [5, 5.41) is 6.00. The molecule has 0 atom stereocenters. The lowest BCUT2D eigenvalue weighted by atomic mass is 10.3. The zero-order valence-corrected chi connectivity index (χ0v) is 14.0. The van der Waals surface area contributed by atoms with E-state index in [2.05, 4.69) is 20.3 Å². The summed E-state index contributed by atoms with van der Waals surface area (Å²) in [6, 6.07) is 19.2. The van der Waals surface area contributed by atoms with Crippen LogP contribution in [-0.2, 0) is 0 Å². The second-order valence-corrected chi connectivity index (χ2v) is 6.06. The summed E-state index contributed by atoms with van der Waals surface area (Å²) < 4.78 is 5.79. The van der Waals surface area contributed by atoms with Crippen LogP contribution in [0.15, 0.2) is 78.4 Å². The molecule has 0 bridgehead atoms. The van der Waals surface area contributed by atoms with Crippen molar-refractivity contribution >= 4 is 23.0 Å². The van der Waals surface area contributed by atoms with E-state index >= 15 is 0 Å². The molecule has 0 aliphatic rings. The lowest BCUT2D eigenvalue weighted by Gasteiger charge is -2.08. The topological polar surface area (TPSA) is 59.9 Å². The van der Waals surface area contributed by atoms with E-state index in [-0.39, 0.29) is 0 Å². The largest absolute Gasteiger partial charge is 0.457 e. The normalized spacial score (nSPS) is 10.4. The van der Waals surface area contributed by atoms with E-state index in [1.165, 1.54) is 0 Å². The highest BCUT2D eigenvalue weighted by molar-refractivity contribution is 7.13. The van der Waals surface area contributed by atoms with Crippen LogP contribution in [0.1, 0.15) is 0 Å². The Morgan fingerprint density at radius 2 is 1.60 bits per heavy atom. The molecular formula is C19H14N4OS. The molecule has 5 nitrogen and oxygen atoms in total. The average molecular weight is 346 g/mol. The van der Waals surface area contributed by atoms with Gasteiger partial charge in [0.1, 0.15) is 22.2 Å². The van der Waals surface area contributed by atoms with Crippen molar-refractivity contribution in [3.63, 3.8) is 0 Å². The molecule has 0 unspecified atom stereocenters. The fraction of sp³-hybridized carbons (Fsp3) is 0. The summed E-state index contributed by atoms with van der Waals surface area (Å²) in [5.41, 5.74) is 1.69. The van der Waals surface area contributed by atoms with Gasteiger partial charge in [0.25, 0.3) is 0 Å². The van der Waals surface area contributed by atoms with E-state index in [0.717, 1.165) is 27.9 Å². The molecule has 0 radical (unpaired) electrons. The zero-order valence-electron chi connectivity index (χ0n) is 13.2. The zero-order chi connectivity index (χ0) is 16.9. The molecule has 0 saturated heterocycles. The van der Waals surface area contributed by atoms with Gasteiger partial charge in [-0.2, -0.15) is 0 Å². The molecule has 0 amide bonds. The third kappa shape index (κ3) is 3.81. The van der Waals surface area contributed by atoms with Crippen LogP contribution in [0.4, 0.5) is 11.6 Å². The van der Waals surface area contributed by atoms with Crippen molar-refractivity contribution in [2.45, 2.75) is 0 Å². The maximum atomic E-state index is 5.79. The van der Waals surface area contributed by atoms with Crippen LogP contribution in [-0.4, -0.2) is 15.0 Å². The number of ether oxygens (including phenoxy) is 1. The molecule has 122 valence electrons. The van der Waals surface area contributed by atoms with Crippen LogP contribution in [0, 0.1) is 0 Å². The summed E-state index contributed by atoms with van der Waals surface area (Å²) in [5.74, 6) is 2.11. The van der Waals surface area contributed by atoms with Gasteiger partial charge >= 0.3 is 0 Å². The number of rotatable bonds is 5. The van der Waals surface area contributed by atoms with E-state index < -0.39 is 0 Å². The Hall–Kier alpha value is -3.25. The molecule has 0 fully saturated rings. The second-order valence-electron chi connectivity index (χ2n) is 5.17. The second kappa shape index (κ2) is 7.11. The predicted octanol–water partition coefficient (Wildman–Crippen LogP) is 5.14. The molecule has 0 saturated carbocycles. The first-order chi connectivity index (χ1) is 12.4. The molecule has 2 aromatic heterocycles. The minimum atomic E-state index is 0.532. The van der Waals surface area contributed by atoms with E-state index in [9.17, 15) is 0 Å². The molecule has 4 rings (SSSR count). The van der Waals surface area contributed by atoms with Gasteiger partial charge in [-0.25, -0.2) is 15.0 Å². The summed E-state index contributed by atoms with van der Waals surface area (Å²) >= 11 is 1.55. The number of aromatic nitrogens is 3. The highest BCUT2D eigenvalue weighted by atomic mass is 32.1. The number of nitrogens with one attached hydrogen (secondary N) is 1. The summed E-state index contributed by atoms with van der Waals surface area (Å²) in [7, 11) is 0. The Labute approximate surface area is 149 Å². The molecule has 6 heteroatoms. The number of thiazole rings is 1. The fourth-order valence-electron chi connectivity index (χ4n) is 2.25. The third-order valence-corrected chi connectivity index (χ3v) is 4.19. The summed E-state index contributed by atoms with van der Waals surface area (Å²) in [4.78, 5) is 13.0. The Kier molecular flexibility index (Phi) is 4.35.